The summed E-state index contributed by atoms with van der Waals surface area (Å²) in [6.07, 6.45) is 0. The van der Waals surface area contributed by atoms with Crippen molar-refractivity contribution >= 4 is 21.7 Å². The summed E-state index contributed by atoms with van der Waals surface area (Å²) in [6, 6.07) is 4.33. The van der Waals surface area contributed by atoms with Gasteiger partial charge in [-0.15, -0.1) is 0 Å². The first-order valence-electron chi connectivity index (χ1n) is 6.74. The maximum absolute atomic E-state index is 12.7. The Morgan fingerprint density at radius 1 is 1.38 bits per heavy atom. The van der Waals surface area contributed by atoms with Gasteiger partial charge in [-0.05, 0) is 45.4 Å². The molecule has 1 aromatic rings. The maximum Gasteiger partial charge on any atom is 0.321 e. The lowest BCUT2D eigenvalue weighted by atomic mass is 10.2. The summed E-state index contributed by atoms with van der Waals surface area (Å²) in [5, 5.41) is 0. The highest BCUT2D eigenvalue weighted by atomic mass is 32.2. The lowest BCUT2D eigenvalue weighted by molar-refractivity contribution is -0.143. The van der Waals surface area contributed by atoms with E-state index in [1.54, 1.807) is 39.8 Å². The van der Waals surface area contributed by atoms with Crippen molar-refractivity contribution in [1.29, 1.82) is 0 Å². The third kappa shape index (κ3) is 3.95. The van der Waals surface area contributed by atoms with E-state index in [9.17, 15) is 13.2 Å². The van der Waals surface area contributed by atoms with Crippen LogP contribution in [0.3, 0.4) is 0 Å². The van der Waals surface area contributed by atoms with Gasteiger partial charge in [0, 0.05) is 11.7 Å². The number of hydrogen-bond acceptors (Lipinski definition) is 5. The first kappa shape index (κ1) is 17.5. The summed E-state index contributed by atoms with van der Waals surface area (Å²) < 4.78 is 31.5. The molecule has 0 heterocycles. The molecule has 21 heavy (non-hydrogen) atoms. The van der Waals surface area contributed by atoms with Gasteiger partial charge in [-0.2, -0.15) is 4.31 Å². The van der Waals surface area contributed by atoms with Gasteiger partial charge in [-0.3, -0.25) is 4.79 Å². The number of nitrogens with zero attached hydrogens (tertiary/aromatic N) is 1. The Labute approximate surface area is 125 Å². The second-order valence-electron chi connectivity index (χ2n) is 4.92. The Balaban J connectivity index is 3.23. The topological polar surface area (TPSA) is 89.7 Å². The van der Waals surface area contributed by atoms with Crippen LogP contribution in [-0.4, -0.2) is 37.9 Å². The molecule has 118 valence electrons. The van der Waals surface area contributed by atoms with Crippen molar-refractivity contribution in [2.45, 2.75) is 38.6 Å². The third-order valence-corrected chi connectivity index (χ3v) is 5.25. The number of nitrogen functional groups attached to an aromatic ring is 1. The second-order valence-corrected chi connectivity index (χ2v) is 6.78. The number of hydrogen-bond donors (Lipinski definition) is 1. The second kappa shape index (κ2) is 6.91. The fourth-order valence-corrected chi connectivity index (χ4v) is 3.75. The van der Waals surface area contributed by atoms with Crippen molar-refractivity contribution < 1.29 is 17.9 Å². The number of sulfonamides is 1. The van der Waals surface area contributed by atoms with Crippen molar-refractivity contribution in [1.82, 2.24) is 4.31 Å². The summed E-state index contributed by atoms with van der Waals surface area (Å²) in [4.78, 5) is 11.7. The Kier molecular flexibility index (Phi) is 5.74. The van der Waals surface area contributed by atoms with Gasteiger partial charge >= 0.3 is 5.97 Å². The van der Waals surface area contributed by atoms with Gasteiger partial charge in [-0.1, -0.05) is 6.07 Å². The standard InChI is InChI=1S/C14H22N2O4S/c1-5-20-14(17)9-16(10(2)3)21(18,19)13-8-6-7-12(15)11(13)4/h6-8,10H,5,9,15H2,1-4H3. The number of benzene rings is 1. The molecule has 0 aromatic heterocycles. The molecular weight excluding hydrogens is 292 g/mol. The molecule has 0 fully saturated rings. The quantitative estimate of drug-likeness (QED) is 0.635. The van der Waals surface area contributed by atoms with Gasteiger partial charge in [0.2, 0.25) is 10.0 Å². The minimum Gasteiger partial charge on any atom is -0.465 e. The van der Waals surface area contributed by atoms with Crippen molar-refractivity contribution in [2.24, 2.45) is 0 Å². The molecule has 0 bridgehead atoms. The lowest BCUT2D eigenvalue weighted by Crippen LogP contribution is -2.41. The normalized spacial score (nSPS) is 11.9. The van der Waals surface area contributed by atoms with E-state index in [1.807, 2.05) is 0 Å². The molecule has 1 rings (SSSR count). The van der Waals surface area contributed by atoms with Crippen LogP contribution >= 0.6 is 0 Å². The Morgan fingerprint density at radius 2 is 2.00 bits per heavy atom. The number of esters is 1. The smallest absolute Gasteiger partial charge is 0.321 e. The molecule has 0 saturated heterocycles. The van der Waals surface area contributed by atoms with E-state index >= 15 is 0 Å². The predicted molar refractivity (Wildman–Crippen MR) is 81.3 cm³/mol. The van der Waals surface area contributed by atoms with E-state index in [1.165, 1.54) is 6.07 Å². The van der Waals surface area contributed by atoms with Crippen LogP contribution in [0.2, 0.25) is 0 Å². The zero-order valence-electron chi connectivity index (χ0n) is 12.8. The molecular formula is C14H22N2O4S. The Morgan fingerprint density at radius 3 is 2.52 bits per heavy atom. The van der Waals surface area contributed by atoms with Gasteiger partial charge in [0.15, 0.2) is 0 Å². The van der Waals surface area contributed by atoms with Gasteiger partial charge in [0.1, 0.15) is 6.54 Å². The fourth-order valence-electron chi connectivity index (χ4n) is 1.92. The summed E-state index contributed by atoms with van der Waals surface area (Å²) >= 11 is 0. The monoisotopic (exact) mass is 314 g/mol. The largest absolute Gasteiger partial charge is 0.465 e. The Hall–Kier alpha value is -1.60. The SMILES string of the molecule is CCOC(=O)CN(C(C)C)S(=O)(=O)c1cccc(N)c1C. The summed E-state index contributed by atoms with van der Waals surface area (Å²) in [7, 11) is -3.81. The van der Waals surface area contributed by atoms with Gasteiger partial charge in [-0.25, -0.2) is 8.42 Å². The van der Waals surface area contributed by atoms with Gasteiger partial charge in [0.05, 0.1) is 11.5 Å². The molecule has 0 aliphatic heterocycles. The number of ether oxygens (including phenoxy) is 1. The zero-order valence-corrected chi connectivity index (χ0v) is 13.6. The van der Waals surface area contributed by atoms with Gasteiger partial charge < -0.3 is 10.5 Å². The molecule has 2 N–H and O–H groups in total. The van der Waals surface area contributed by atoms with E-state index in [-0.39, 0.29) is 24.1 Å². The first-order chi connectivity index (χ1) is 9.71. The van der Waals surface area contributed by atoms with Crippen LogP contribution < -0.4 is 5.73 Å². The third-order valence-electron chi connectivity index (χ3n) is 3.08. The molecule has 6 nitrogen and oxygen atoms in total. The van der Waals surface area contributed by atoms with Gasteiger partial charge in [0.25, 0.3) is 0 Å². The van der Waals surface area contributed by atoms with Crippen molar-refractivity contribution in [3.8, 4) is 0 Å². The predicted octanol–water partition coefficient (Wildman–Crippen LogP) is 1.54. The minimum absolute atomic E-state index is 0.112. The maximum atomic E-state index is 12.7. The fraction of sp³-hybridized carbons (Fsp3) is 0.500. The highest BCUT2D eigenvalue weighted by Gasteiger charge is 2.31. The summed E-state index contributed by atoms with van der Waals surface area (Å²) in [5.74, 6) is -0.573. The average Bonchev–Trinajstić information content (AvgIpc) is 2.38. The van der Waals surface area contributed by atoms with Crippen LogP contribution in [0.15, 0.2) is 23.1 Å². The van der Waals surface area contributed by atoms with E-state index < -0.39 is 16.0 Å². The van der Waals surface area contributed by atoms with E-state index in [0.29, 0.717) is 11.3 Å². The lowest BCUT2D eigenvalue weighted by Gasteiger charge is -2.25. The number of nitrogens with two attached hydrogens (primary N) is 1. The molecule has 0 spiro atoms. The molecule has 0 atom stereocenters. The molecule has 0 amide bonds. The highest BCUT2D eigenvalue weighted by molar-refractivity contribution is 7.89. The molecule has 7 heteroatoms. The van der Waals surface area contributed by atoms with Crippen molar-refractivity contribution in [2.75, 3.05) is 18.9 Å². The van der Waals surface area contributed by atoms with E-state index in [0.717, 1.165) is 4.31 Å². The number of carbonyl (C=O) groups is 1. The summed E-state index contributed by atoms with van der Waals surface area (Å²) in [6.45, 7) is 6.63. The summed E-state index contributed by atoms with van der Waals surface area (Å²) in [5.41, 5.74) is 6.65. The first-order valence-corrected chi connectivity index (χ1v) is 8.18. The van der Waals surface area contributed by atoms with Crippen LogP contribution in [0.4, 0.5) is 5.69 Å². The molecule has 1 aromatic carbocycles. The number of rotatable bonds is 6. The van der Waals surface area contributed by atoms with Crippen LogP contribution in [-0.2, 0) is 19.6 Å². The number of carbonyl (C=O) groups excluding carboxylic acids is 1. The van der Waals surface area contributed by atoms with Crippen LogP contribution in [0.1, 0.15) is 26.3 Å². The zero-order chi connectivity index (χ0) is 16.2. The van der Waals surface area contributed by atoms with Crippen molar-refractivity contribution in [3.05, 3.63) is 23.8 Å². The van der Waals surface area contributed by atoms with Crippen LogP contribution in [0, 0.1) is 6.92 Å². The molecule has 0 radical (unpaired) electrons. The average molecular weight is 314 g/mol. The van der Waals surface area contributed by atoms with E-state index in [4.69, 9.17) is 10.5 Å². The van der Waals surface area contributed by atoms with Crippen LogP contribution in [0.25, 0.3) is 0 Å². The molecule has 0 unspecified atom stereocenters. The van der Waals surface area contributed by atoms with Crippen molar-refractivity contribution in [3.63, 3.8) is 0 Å². The van der Waals surface area contributed by atoms with Crippen LogP contribution in [0.5, 0.6) is 0 Å². The molecule has 0 saturated carbocycles. The minimum atomic E-state index is -3.81. The number of anilines is 1. The van der Waals surface area contributed by atoms with E-state index in [2.05, 4.69) is 0 Å². The molecule has 0 aliphatic carbocycles. The molecule has 0 aliphatic rings. The Bertz CT molecular complexity index is 611. The highest BCUT2D eigenvalue weighted by Crippen LogP contribution is 2.25.